The van der Waals surface area contributed by atoms with E-state index < -0.39 is 0 Å². The van der Waals surface area contributed by atoms with Gasteiger partial charge in [-0.3, -0.25) is 14.3 Å². The van der Waals surface area contributed by atoms with Gasteiger partial charge >= 0.3 is 0 Å². The molecule has 2 aromatic heterocycles. The maximum atomic E-state index is 12.5. The molecule has 0 radical (unpaired) electrons. The lowest BCUT2D eigenvalue weighted by Gasteiger charge is -2.35. The molecule has 3 rings (SSSR count). The molecular formula is C18H25N7O3. The smallest absolute Gasteiger partial charge is 0.253 e. The van der Waals surface area contributed by atoms with Gasteiger partial charge in [-0.2, -0.15) is 0 Å². The number of anilines is 1. The van der Waals surface area contributed by atoms with Gasteiger partial charge in [0.1, 0.15) is 5.82 Å². The molecule has 0 unspecified atom stereocenters. The van der Waals surface area contributed by atoms with E-state index >= 15 is 0 Å². The Labute approximate surface area is 162 Å². The van der Waals surface area contributed by atoms with E-state index in [1.54, 1.807) is 36.3 Å². The minimum absolute atomic E-state index is 0.0249. The number of rotatable bonds is 7. The van der Waals surface area contributed by atoms with Crippen LogP contribution in [0.1, 0.15) is 29.6 Å². The number of ether oxygens (including phenoxy) is 1. The summed E-state index contributed by atoms with van der Waals surface area (Å²) < 4.78 is 7.18. The van der Waals surface area contributed by atoms with Crippen molar-refractivity contribution >= 4 is 17.6 Å². The van der Waals surface area contributed by atoms with E-state index in [9.17, 15) is 9.59 Å². The molecule has 4 N–H and O–H groups in total. The zero-order chi connectivity index (χ0) is 19.9. The van der Waals surface area contributed by atoms with Crippen molar-refractivity contribution in [2.75, 3.05) is 19.4 Å². The monoisotopic (exact) mass is 387 g/mol. The Kier molecular flexibility index (Phi) is 6.53. The second-order valence-electron chi connectivity index (χ2n) is 6.79. The number of nitrogens with one attached hydrogen (secondary N) is 2. The van der Waals surface area contributed by atoms with Gasteiger partial charge in [0.15, 0.2) is 0 Å². The highest BCUT2D eigenvalue weighted by Gasteiger charge is 2.35. The van der Waals surface area contributed by atoms with E-state index in [1.807, 2.05) is 0 Å². The van der Waals surface area contributed by atoms with Crippen molar-refractivity contribution in [3.63, 3.8) is 0 Å². The standard InChI is InChI=1S/C18H25N7O3/c1-28-15-4-2-12(17(26)20-6-8-25-9-7-22-24-25)10-14(15)23-18(27)13-3-5-16(19)21-11-13/h3,5,7,9,11-12,14-15H,2,4,6,8,10H2,1H3,(H2,19,21)(H,20,26)(H,23,27)/t12-,14+,15+/m0/s1. The Morgan fingerprint density at radius 2 is 2.21 bits per heavy atom. The Balaban J connectivity index is 1.54. The number of methoxy groups -OCH3 is 1. The summed E-state index contributed by atoms with van der Waals surface area (Å²) in [5.74, 6) is -0.113. The average Bonchev–Trinajstić information content (AvgIpc) is 3.22. The largest absolute Gasteiger partial charge is 0.384 e. The SMILES string of the molecule is CO[C@@H]1CC[C@H](C(=O)NCCn2ccnn2)C[C@H]1NC(=O)c1ccc(N)nc1. The van der Waals surface area contributed by atoms with Gasteiger partial charge in [-0.25, -0.2) is 4.98 Å². The minimum Gasteiger partial charge on any atom is -0.384 e. The number of carbonyl (C=O) groups is 2. The predicted molar refractivity (Wildman–Crippen MR) is 101 cm³/mol. The summed E-state index contributed by atoms with van der Waals surface area (Å²) in [4.78, 5) is 29.0. The molecule has 2 amide bonds. The van der Waals surface area contributed by atoms with Crippen molar-refractivity contribution in [2.45, 2.75) is 38.0 Å². The van der Waals surface area contributed by atoms with Crippen LogP contribution in [0.25, 0.3) is 0 Å². The van der Waals surface area contributed by atoms with Crippen LogP contribution in [0.4, 0.5) is 5.82 Å². The Morgan fingerprint density at radius 3 is 2.89 bits per heavy atom. The predicted octanol–water partition coefficient (Wildman–Crippen LogP) is -0.0148. The van der Waals surface area contributed by atoms with Gasteiger partial charge in [0, 0.05) is 32.0 Å². The molecule has 0 aliphatic heterocycles. The van der Waals surface area contributed by atoms with Crippen molar-refractivity contribution in [3.05, 3.63) is 36.3 Å². The van der Waals surface area contributed by atoms with Crippen LogP contribution in [0.3, 0.4) is 0 Å². The molecule has 10 heteroatoms. The highest BCUT2D eigenvalue weighted by atomic mass is 16.5. The Morgan fingerprint density at radius 1 is 1.36 bits per heavy atom. The number of nitrogen functional groups attached to an aromatic ring is 1. The first-order valence-electron chi connectivity index (χ1n) is 9.24. The second kappa shape index (κ2) is 9.27. The lowest BCUT2D eigenvalue weighted by molar-refractivity contribution is -0.127. The highest BCUT2D eigenvalue weighted by molar-refractivity contribution is 5.94. The van der Waals surface area contributed by atoms with Crippen molar-refractivity contribution < 1.29 is 14.3 Å². The molecule has 0 bridgehead atoms. The zero-order valence-electron chi connectivity index (χ0n) is 15.7. The van der Waals surface area contributed by atoms with Crippen molar-refractivity contribution in [1.82, 2.24) is 30.6 Å². The molecule has 2 aromatic rings. The molecule has 1 fully saturated rings. The molecule has 1 aliphatic rings. The normalized spacial score (nSPS) is 21.8. The summed E-state index contributed by atoms with van der Waals surface area (Å²) in [6, 6.07) is 2.95. The Bertz CT molecular complexity index is 779. The quantitative estimate of drug-likeness (QED) is 0.607. The number of nitrogens with zero attached hydrogens (tertiary/aromatic N) is 4. The summed E-state index contributed by atoms with van der Waals surface area (Å²) in [7, 11) is 1.62. The molecule has 28 heavy (non-hydrogen) atoms. The maximum absolute atomic E-state index is 12.5. The fourth-order valence-electron chi connectivity index (χ4n) is 3.40. The van der Waals surface area contributed by atoms with Gasteiger partial charge in [0.2, 0.25) is 5.91 Å². The number of hydrogen-bond acceptors (Lipinski definition) is 7. The van der Waals surface area contributed by atoms with Crippen LogP contribution in [0.15, 0.2) is 30.7 Å². The number of hydrogen-bond donors (Lipinski definition) is 3. The van der Waals surface area contributed by atoms with Crippen molar-refractivity contribution in [2.24, 2.45) is 5.92 Å². The molecule has 0 spiro atoms. The van der Waals surface area contributed by atoms with E-state index in [-0.39, 0.29) is 29.9 Å². The molecule has 1 aliphatic carbocycles. The highest BCUT2D eigenvalue weighted by Crippen LogP contribution is 2.27. The molecule has 0 aromatic carbocycles. The lowest BCUT2D eigenvalue weighted by Crippen LogP contribution is -2.50. The third-order valence-corrected chi connectivity index (χ3v) is 4.94. The molecule has 1 saturated carbocycles. The van der Waals surface area contributed by atoms with E-state index in [0.29, 0.717) is 43.7 Å². The Hall–Kier alpha value is -3.01. The van der Waals surface area contributed by atoms with Gasteiger partial charge in [-0.1, -0.05) is 5.21 Å². The summed E-state index contributed by atoms with van der Waals surface area (Å²) in [6.45, 7) is 1.03. The fraction of sp³-hybridized carbons (Fsp3) is 0.500. The number of aromatic nitrogens is 4. The average molecular weight is 387 g/mol. The first-order chi connectivity index (χ1) is 13.6. The van der Waals surface area contributed by atoms with Crippen LogP contribution in [-0.2, 0) is 16.1 Å². The van der Waals surface area contributed by atoms with Crippen molar-refractivity contribution in [3.8, 4) is 0 Å². The first-order valence-corrected chi connectivity index (χ1v) is 9.24. The van der Waals surface area contributed by atoms with E-state index in [2.05, 4.69) is 25.9 Å². The third-order valence-electron chi connectivity index (χ3n) is 4.94. The number of carbonyl (C=O) groups excluding carboxylic acids is 2. The first kappa shape index (κ1) is 19.7. The lowest BCUT2D eigenvalue weighted by atomic mass is 9.83. The van der Waals surface area contributed by atoms with Gasteiger partial charge in [0.05, 0.1) is 30.5 Å². The van der Waals surface area contributed by atoms with Crippen LogP contribution in [0.5, 0.6) is 0 Å². The number of pyridine rings is 1. The number of amides is 2. The topological polar surface area (TPSA) is 137 Å². The zero-order valence-corrected chi connectivity index (χ0v) is 15.7. The van der Waals surface area contributed by atoms with Crippen LogP contribution >= 0.6 is 0 Å². The summed E-state index contributed by atoms with van der Waals surface area (Å²) in [5, 5.41) is 13.5. The van der Waals surface area contributed by atoms with Gasteiger partial charge in [-0.05, 0) is 31.4 Å². The van der Waals surface area contributed by atoms with E-state index in [1.165, 1.54) is 6.20 Å². The van der Waals surface area contributed by atoms with Crippen LogP contribution in [0.2, 0.25) is 0 Å². The van der Waals surface area contributed by atoms with Crippen LogP contribution < -0.4 is 16.4 Å². The van der Waals surface area contributed by atoms with Gasteiger partial charge in [0.25, 0.3) is 5.91 Å². The maximum Gasteiger partial charge on any atom is 0.253 e. The molecule has 3 atom stereocenters. The summed E-state index contributed by atoms with van der Waals surface area (Å²) >= 11 is 0. The molecule has 2 heterocycles. The second-order valence-corrected chi connectivity index (χ2v) is 6.79. The molecule has 0 saturated heterocycles. The van der Waals surface area contributed by atoms with Gasteiger partial charge in [-0.15, -0.1) is 5.10 Å². The van der Waals surface area contributed by atoms with Crippen LogP contribution in [-0.4, -0.2) is 57.6 Å². The number of nitrogens with two attached hydrogens (primary N) is 1. The summed E-state index contributed by atoms with van der Waals surface area (Å²) in [6.07, 6.45) is 6.56. The molecular weight excluding hydrogens is 362 g/mol. The summed E-state index contributed by atoms with van der Waals surface area (Å²) in [5.41, 5.74) is 5.98. The third kappa shape index (κ3) is 5.03. The van der Waals surface area contributed by atoms with E-state index in [4.69, 9.17) is 10.5 Å². The van der Waals surface area contributed by atoms with Crippen molar-refractivity contribution in [1.29, 1.82) is 0 Å². The minimum atomic E-state index is -0.258. The van der Waals surface area contributed by atoms with Gasteiger partial charge < -0.3 is 21.1 Å². The fourth-order valence-corrected chi connectivity index (χ4v) is 3.40. The van der Waals surface area contributed by atoms with E-state index in [0.717, 1.165) is 0 Å². The van der Waals surface area contributed by atoms with Crippen LogP contribution in [0, 0.1) is 5.92 Å². The molecule has 150 valence electrons. The molecule has 10 nitrogen and oxygen atoms in total.